The second kappa shape index (κ2) is 13.4. The Morgan fingerprint density at radius 2 is 1.42 bits per heavy atom. The highest BCUT2D eigenvalue weighted by atomic mass is 32.1. The number of hydrogen-bond donors (Lipinski definition) is 8. The molecule has 0 aliphatic carbocycles. The van der Waals surface area contributed by atoms with E-state index in [0.717, 1.165) is 0 Å². The van der Waals surface area contributed by atoms with Crippen molar-refractivity contribution >= 4 is 48.1 Å². The average Bonchev–Trinajstić information content (AvgIpc) is 2.66. The predicted molar refractivity (Wildman–Crippen MR) is 112 cm³/mol. The summed E-state index contributed by atoms with van der Waals surface area (Å²) in [5, 5.41) is 16.1. The Labute approximate surface area is 184 Å². The number of carboxylic acid groups (broad SMARTS) is 1. The van der Waals surface area contributed by atoms with Crippen molar-refractivity contribution < 1.29 is 33.9 Å². The van der Waals surface area contributed by atoms with Crippen molar-refractivity contribution in [2.75, 3.05) is 5.75 Å². The van der Waals surface area contributed by atoms with Crippen LogP contribution in [-0.2, 0) is 28.8 Å². The highest BCUT2D eigenvalue weighted by molar-refractivity contribution is 7.80. The van der Waals surface area contributed by atoms with E-state index in [4.69, 9.17) is 22.3 Å². The minimum Gasteiger partial charge on any atom is -0.480 e. The van der Waals surface area contributed by atoms with Gasteiger partial charge >= 0.3 is 5.97 Å². The third kappa shape index (κ3) is 10.6. The number of primary amides is 2. The Kier molecular flexibility index (Phi) is 12.2. The van der Waals surface area contributed by atoms with Gasteiger partial charge in [-0.3, -0.25) is 24.0 Å². The van der Waals surface area contributed by atoms with Crippen molar-refractivity contribution in [3.8, 4) is 0 Å². The van der Waals surface area contributed by atoms with Gasteiger partial charge in [0.2, 0.25) is 29.5 Å². The Balaban J connectivity index is 5.50. The monoisotopic (exact) mass is 462 g/mol. The highest BCUT2D eigenvalue weighted by Crippen LogP contribution is 2.06. The summed E-state index contributed by atoms with van der Waals surface area (Å²) in [7, 11) is 0. The molecule has 4 unspecified atom stereocenters. The van der Waals surface area contributed by atoms with Crippen molar-refractivity contribution in [1.29, 1.82) is 0 Å². The standard InChI is InChI=1S/C17H30N6O7S/c1-7(2)13(23-14(26)8(18)6-31)16(28)21-9(3-4-11(19)24)15(27)22-10(17(29)30)5-12(20)25/h7-10,13,31H,3-6,18H2,1-2H3,(H2,19,24)(H2,20,25)(H,21,28)(H,22,27)(H,23,26)(H,29,30). The van der Waals surface area contributed by atoms with Crippen LogP contribution in [0.2, 0.25) is 0 Å². The van der Waals surface area contributed by atoms with E-state index in [9.17, 15) is 28.8 Å². The minimum absolute atomic E-state index is 0.0400. The lowest BCUT2D eigenvalue weighted by Crippen LogP contribution is -2.58. The first-order valence-electron chi connectivity index (χ1n) is 9.37. The van der Waals surface area contributed by atoms with Crippen molar-refractivity contribution in [3.05, 3.63) is 0 Å². The zero-order valence-corrected chi connectivity index (χ0v) is 18.2. The van der Waals surface area contributed by atoms with E-state index < -0.39 is 72.0 Å². The molecule has 5 amide bonds. The number of nitrogens with two attached hydrogens (primary N) is 3. The van der Waals surface area contributed by atoms with Crippen LogP contribution in [0.5, 0.6) is 0 Å². The smallest absolute Gasteiger partial charge is 0.326 e. The molecule has 4 atom stereocenters. The molecule has 14 heteroatoms. The summed E-state index contributed by atoms with van der Waals surface area (Å²) in [6.07, 6.45) is -1.22. The van der Waals surface area contributed by atoms with Gasteiger partial charge in [0.1, 0.15) is 18.1 Å². The maximum atomic E-state index is 12.7. The Morgan fingerprint density at radius 3 is 1.84 bits per heavy atom. The first kappa shape index (κ1) is 28.1. The van der Waals surface area contributed by atoms with E-state index in [0.29, 0.717) is 0 Å². The zero-order valence-electron chi connectivity index (χ0n) is 17.3. The van der Waals surface area contributed by atoms with E-state index in [1.54, 1.807) is 13.8 Å². The molecule has 0 aromatic rings. The normalized spacial score (nSPS) is 14.6. The fraction of sp³-hybridized carbons (Fsp3) is 0.647. The summed E-state index contributed by atoms with van der Waals surface area (Å²) in [5.74, 6) is -5.96. The van der Waals surface area contributed by atoms with Crippen LogP contribution in [0, 0.1) is 5.92 Å². The fourth-order valence-electron chi connectivity index (χ4n) is 2.37. The van der Waals surface area contributed by atoms with Gasteiger partial charge in [0.25, 0.3) is 0 Å². The van der Waals surface area contributed by atoms with Crippen molar-refractivity contribution in [1.82, 2.24) is 16.0 Å². The van der Waals surface area contributed by atoms with Crippen LogP contribution < -0.4 is 33.2 Å². The molecule has 31 heavy (non-hydrogen) atoms. The molecule has 0 radical (unpaired) electrons. The second-order valence-corrected chi connectivity index (χ2v) is 7.52. The molecular formula is C17H30N6O7S. The first-order valence-corrected chi connectivity index (χ1v) is 10.00. The molecule has 0 aliphatic heterocycles. The van der Waals surface area contributed by atoms with E-state index in [-0.39, 0.29) is 18.6 Å². The zero-order chi connectivity index (χ0) is 24.3. The van der Waals surface area contributed by atoms with Gasteiger partial charge in [0, 0.05) is 12.2 Å². The number of rotatable bonds is 14. The summed E-state index contributed by atoms with van der Waals surface area (Å²) in [5.41, 5.74) is 15.7. The molecule has 0 rings (SSSR count). The van der Waals surface area contributed by atoms with Crippen molar-refractivity contribution in [2.24, 2.45) is 23.1 Å². The number of hydrogen-bond acceptors (Lipinski definition) is 8. The van der Waals surface area contributed by atoms with Crippen LogP contribution in [0.25, 0.3) is 0 Å². The van der Waals surface area contributed by atoms with Crippen LogP contribution >= 0.6 is 12.6 Å². The number of amides is 5. The van der Waals surface area contributed by atoms with Gasteiger partial charge in [-0.05, 0) is 12.3 Å². The van der Waals surface area contributed by atoms with E-state index in [1.165, 1.54) is 0 Å². The lowest BCUT2D eigenvalue weighted by molar-refractivity contribution is -0.144. The molecule has 0 aliphatic rings. The highest BCUT2D eigenvalue weighted by Gasteiger charge is 2.32. The molecule has 0 saturated carbocycles. The first-order chi connectivity index (χ1) is 14.3. The number of thiol groups is 1. The molecule has 0 saturated heterocycles. The molecule has 0 heterocycles. The summed E-state index contributed by atoms with van der Waals surface area (Å²) in [6, 6.07) is -5.04. The van der Waals surface area contributed by atoms with Gasteiger partial charge in [0.15, 0.2) is 0 Å². The second-order valence-electron chi connectivity index (χ2n) is 7.16. The molecule has 0 bridgehead atoms. The molecule has 0 spiro atoms. The number of carbonyl (C=O) groups is 6. The van der Waals surface area contributed by atoms with Crippen LogP contribution in [0.1, 0.15) is 33.1 Å². The minimum atomic E-state index is -1.63. The van der Waals surface area contributed by atoms with E-state index in [2.05, 4.69) is 28.6 Å². The topological polar surface area (TPSA) is 237 Å². The molecule has 176 valence electrons. The molecule has 13 nitrogen and oxygen atoms in total. The summed E-state index contributed by atoms with van der Waals surface area (Å²) < 4.78 is 0. The van der Waals surface area contributed by atoms with Crippen molar-refractivity contribution in [3.63, 3.8) is 0 Å². The quantitative estimate of drug-likeness (QED) is 0.121. The van der Waals surface area contributed by atoms with Gasteiger partial charge in [-0.1, -0.05) is 13.8 Å². The molecule has 0 aromatic carbocycles. The molecular weight excluding hydrogens is 432 g/mol. The lowest BCUT2D eigenvalue weighted by Gasteiger charge is -2.26. The maximum absolute atomic E-state index is 12.7. The summed E-state index contributed by atoms with van der Waals surface area (Å²) in [4.78, 5) is 70.7. The van der Waals surface area contributed by atoms with Gasteiger partial charge in [-0.15, -0.1) is 0 Å². The summed E-state index contributed by atoms with van der Waals surface area (Å²) in [6.45, 7) is 3.28. The van der Waals surface area contributed by atoms with E-state index >= 15 is 0 Å². The maximum Gasteiger partial charge on any atom is 0.326 e. The van der Waals surface area contributed by atoms with Gasteiger partial charge < -0.3 is 38.3 Å². The lowest BCUT2D eigenvalue weighted by atomic mass is 10.0. The molecule has 10 N–H and O–H groups in total. The van der Waals surface area contributed by atoms with Crippen LogP contribution in [-0.4, -0.2) is 70.5 Å². The van der Waals surface area contributed by atoms with Gasteiger partial charge in [-0.25, -0.2) is 4.79 Å². The average molecular weight is 463 g/mol. The van der Waals surface area contributed by atoms with Crippen LogP contribution in [0.3, 0.4) is 0 Å². The third-order valence-corrected chi connectivity index (χ3v) is 4.51. The Morgan fingerprint density at radius 1 is 0.871 bits per heavy atom. The molecule has 0 aromatic heterocycles. The number of nitrogens with one attached hydrogen (secondary N) is 3. The largest absolute Gasteiger partial charge is 0.480 e. The third-order valence-electron chi connectivity index (χ3n) is 4.11. The predicted octanol–water partition coefficient (Wildman–Crippen LogP) is -3.42. The van der Waals surface area contributed by atoms with Gasteiger partial charge in [-0.2, -0.15) is 12.6 Å². The van der Waals surface area contributed by atoms with E-state index in [1.807, 2.05) is 0 Å². The SMILES string of the molecule is CC(C)C(NC(=O)C(N)CS)C(=O)NC(CCC(N)=O)C(=O)NC(CC(N)=O)C(=O)O. The van der Waals surface area contributed by atoms with Gasteiger partial charge in [0.05, 0.1) is 12.5 Å². The Bertz CT molecular complexity index is 702. The molecule has 0 fully saturated rings. The number of carboxylic acids is 1. The Hall–Kier alpha value is -2.87. The summed E-state index contributed by atoms with van der Waals surface area (Å²) >= 11 is 3.92. The number of aliphatic carboxylic acids is 1. The van der Waals surface area contributed by atoms with Crippen LogP contribution in [0.15, 0.2) is 0 Å². The fourth-order valence-corrected chi connectivity index (χ4v) is 2.53. The number of carbonyl (C=O) groups excluding carboxylic acids is 5. The van der Waals surface area contributed by atoms with Crippen LogP contribution in [0.4, 0.5) is 0 Å². The van der Waals surface area contributed by atoms with Crippen molar-refractivity contribution in [2.45, 2.75) is 57.3 Å².